The summed E-state index contributed by atoms with van der Waals surface area (Å²) in [7, 11) is 4.50. The molecule has 11 nitrogen and oxygen atoms in total. The van der Waals surface area contributed by atoms with E-state index < -0.39 is 17.1 Å². The third-order valence-corrected chi connectivity index (χ3v) is 6.57. The van der Waals surface area contributed by atoms with Crippen LogP contribution in [0.2, 0.25) is 5.15 Å². The number of methoxy groups -OCH3 is 3. The van der Waals surface area contributed by atoms with E-state index in [2.05, 4.69) is 10.1 Å². The lowest BCUT2D eigenvalue weighted by Gasteiger charge is -2.20. The number of nitro groups is 1. The monoisotopic (exact) mass is 574 g/mol. The van der Waals surface area contributed by atoms with Crippen molar-refractivity contribution >= 4 is 46.1 Å². The number of pyridine rings is 1. The van der Waals surface area contributed by atoms with Crippen LogP contribution in [0.25, 0.3) is 17.0 Å². The molecular formula is C29H23ClN4O7. The first-order chi connectivity index (χ1) is 19.8. The normalized spacial score (nSPS) is 14.6. The van der Waals surface area contributed by atoms with Gasteiger partial charge in [-0.15, -0.1) is 5.10 Å². The number of rotatable bonds is 8. The number of fused-ring (bicyclic) bond motifs is 1. The summed E-state index contributed by atoms with van der Waals surface area (Å²) in [5.41, 5.74) is 2.05. The number of amides is 1. The number of hydrazone groups is 1. The lowest BCUT2D eigenvalue weighted by atomic mass is 10.1. The highest BCUT2D eigenvalue weighted by Gasteiger charge is 2.36. The van der Waals surface area contributed by atoms with Gasteiger partial charge in [-0.1, -0.05) is 29.8 Å². The third-order valence-electron chi connectivity index (χ3n) is 6.27. The van der Waals surface area contributed by atoms with Gasteiger partial charge in [-0.3, -0.25) is 14.9 Å². The van der Waals surface area contributed by atoms with Crippen molar-refractivity contribution in [1.29, 1.82) is 0 Å². The summed E-state index contributed by atoms with van der Waals surface area (Å²) in [6.45, 7) is 0. The SMILES string of the molecule is COc1cc(/C=C/C(=O)N2N=C(c3ccc([N+](=O)[O-])cc3)OC2c2cc3ccccc3nc2Cl)cc(OC)c1OC. The minimum Gasteiger partial charge on any atom is -0.493 e. The molecule has 0 bridgehead atoms. The Morgan fingerprint density at radius 3 is 2.34 bits per heavy atom. The second-order valence-corrected chi connectivity index (χ2v) is 9.07. The van der Waals surface area contributed by atoms with E-state index >= 15 is 0 Å². The second kappa shape index (κ2) is 11.5. The molecule has 0 radical (unpaired) electrons. The molecule has 1 atom stereocenters. The molecule has 208 valence electrons. The van der Waals surface area contributed by atoms with Crippen molar-refractivity contribution < 1.29 is 28.7 Å². The van der Waals surface area contributed by atoms with Gasteiger partial charge in [0, 0.05) is 29.2 Å². The Balaban J connectivity index is 1.53. The zero-order valence-electron chi connectivity index (χ0n) is 22.1. The fourth-order valence-corrected chi connectivity index (χ4v) is 4.50. The highest BCUT2D eigenvalue weighted by Crippen LogP contribution is 2.39. The zero-order valence-corrected chi connectivity index (χ0v) is 22.9. The number of carbonyl (C=O) groups excluding carboxylic acids is 1. The number of hydrogen-bond acceptors (Lipinski definition) is 9. The maximum atomic E-state index is 13.5. The van der Waals surface area contributed by atoms with Gasteiger partial charge < -0.3 is 18.9 Å². The summed E-state index contributed by atoms with van der Waals surface area (Å²) in [5.74, 6) is 0.832. The first kappa shape index (κ1) is 27.4. The van der Waals surface area contributed by atoms with Gasteiger partial charge >= 0.3 is 0 Å². The van der Waals surface area contributed by atoms with Crippen molar-refractivity contribution in [2.24, 2.45) is 5.10 Å². The molecule has 3 aromatic carbocycles. The molecule has 0 fully saturated rings. The van der Waals surface area contributed by atoms with Crippen LogP contribution >= 0.6 is 11.6 Å². The van der Waals surface area contributed by atoms with E-state index in [4.69, 9.17) is 30.5 Å². The van der Waals surface area contributed by atoms with Gasteiger partial charge in [0.25, 0.3) is 11.6 Å². The Kier molecular flexibility index (Phi) is 7.70. The number of carbonyl (C=O) groups is 1. The highest BCUT2D eigenvalue weighted by molar-refractivity contribution is 6.30. The number of ether oxygens (including phenoxy) is 4. The van der Waals surface area contributed by atoms with Crippen LogP contribution < -0.4 is 14.2 Å². The van der Waals surface area contributed by atoms with Gasteiger partial charge in [-0.2, -0.15) is 5.01 Å². The number of para-hydroxylation sites is 1. The van der Waals surface area contributed by atoms with Crippen LogP contribution in [0.1, 0.15) is 22.9 Å². The van der Waals surface area contributed by atoms with Gasteiger partial charge in [0.2, 0.25) is 17.9 Å². The Morgan fingerprint density at radius 2 is 1.71 bits per heavy atom. The molecule has 5 rings (SSSR count). The lowest BCUT2D eigenvalue weighted by molar-refractivity contribution is -0.384. The van der Waals surface area contributed by atoms with E-state index in [0.717, 1.165) is 10.4 Å². The Labute approximate surface area is 239 Å². The van der Waals surface area contributed by atoms with Crippen LogP contribution in [0.5, 0.6) is 17.2 Å². The Bertz CT molecular complexity index is 1680. The van der Waals surface area contributed by atoms with E-state index in [-0.39, 0.29) is 16.7 Å². The predicted octanol–water partition coefficient (Wildman–Crippen LogP) is 5.75. The maximum Gasteiger partial charge on any atom is 0.270 e. The summed E-state index contributed by atoms with van der Waals surface area (Å²) in [6.07, 6.45) is 1.84. The van der Waals surface area contributed by atoms with Gasteiger partial charge in [-0.25, -0.2) is 4.98 Å². The summed E-state index contributed by atoms with van der Waals surface area (Å²) >= 11 is 6.56. The topological polar surface area (TPSA) is 126 Å². The fourth-order valence-electron chi connectivity index (χ4n) is 4.26. The van der Waals surface area contributed by atoms with Gasteiger partial charge in [-0.05, 0) is 48.0 Å². The average Bonchev–Trinajstić information content (AvgIpc) is 3.44. The Hall–Kier alpha value is -5.16. The number of nitrogens with zero attached hydrogens (tertiary/aromatic N) is 4. The lowest BCUT2D eigenvalue weighted by Crippen LogP contribution is -2.26. The number of halogens is 1. The number of benzene rings is 3. The highest BCUT2D eigenvalue weighted by atomic mass is 35.5. The molecule has 1 aliphatic heterocycles. The third kappa shape index (κ3) is 5.48. The minimum absolute atomic E-state index is 0.0867. The van der Waals surface area contributed by atoms with Crippen molar-refractivity contribution in [2.75, 3.05) is 21.3 Å². The molecule has 0 aliphatic carbocycles. The summed E-state index contributed by atoms with van der Waals surface area (Å²) in [5, 5.41) is 17.6. The van der Waals surface area contributed by atoms with Gasteiger partial charge in [0.15, 0.2) is 11.5 Å². The molecule has 0 N–H and O–H groups in total. The van der Waals surface area contributed by atoms with Crippen LogP contribution in [-0.4, -0.2) is 48.1 Å². The molecule has 1 aliphatic rings. The quantitative estimate of drug-likeness (QED) is 0.113. The predicted molar refractivity (Wildman–Crippen MR) is 152 cm³/mol. The van der Waals surface area contributed by atoms with E-state index in [0.29, 0.717) is 39.5 Å². The maximum absolute atomic E-state index is 13.5. The zero-order chi connectivity index (χ0) is 29.1. The van der Waals surface area contributed by atoms with Crippen LogP contribution in [0, 0.1) is 10.1 Å². The van der Waals surface area contributed by atoms with Gasteiger partial charge in [0.05, 0.1) is 37.3 Å². The number of nitro benzene ring substituents is 1. The summed E-state index contributed by atoms with van der Waals surface area (Å²) in [4.78, 5) is 28.6. The molecule has 2 heterocycles. The molecule has 0 saturated heterocycles. The Morgan fingerprint density at radius 1 is 1.02 bits per heavy atom. The van der Waals surface area contributed by atoms with Crippen molar-refractivity contribution in [3.63, 3.8) is 0 Å². The van der Waals surface area contributed by atoms with Crippen molar-refractivity contribution in [3.8, 4) is 17.2 Å². The molecule has 12 heteroatoms. The molecule has 1 amide bonds. The second-order valence-electron chi connectivity index (χ2n) is 8.72. The number of hydrogen-bond donors (Lipinski definition) is 0. The largest absolute Gasteiger partial charge is 0.493 e. The van der Waals surface area contributed by atoms with Crippen LogP contribution in [0.4, 0.5) is 5.69 Å². The number of non-ortho nitro benzene ring substituents is 1. The van der Waals surface area contributed by atoms with Crippen molar-refractivity contribution in [3.05, 3.63) is 105 Å². The smallest absolute Gasteiger partial charge is 0.270 e. The minimum atomic E-state index is -1.05. The van der Waals surface area contributed by atoms with Crippen molar-refractivity contribution in [2.45, 2.75) is 6.23 Å². The van der Waals surface area contributed by atoms with E-state index in [1.54, 1.807) is 24.3 Å². The van der Waals surface area contributed by atoms with Gasteiger partial charge in [0.1, 0.15) is 5.15 Å². The van der Waals surface area contributed by atoms with Crippen LogP contribution in [0.3, 0.4) is 0 Å². The molecule has 0 saturated carbocycles. The molecule has 41 heavy (non-hydrogen) atoms. The van der Waals surface area contributed by atoms with E-state index in [1.165, 1.54) is 51.7 Å². The molecule has 4 aromatic rings. The van der Waals surface area contributed by atoms with Crippen LogP contribution in [-0.2, 0) is 9.53 Å². The standard InChI is InChI=1S/C29H23ClN4O7/c1-38-23-14-17(15-24(39-2)26(23)40-3)8-13-25(35)33-29(21-16-19-6-4-5-7-22(19)31-27(21)30)41-28(32-33)18-9-11-20(12-10-18)34(36)37/h4-16,29H,1-3H3/b13-8+. The molecule has 0 spiro atoms. The fraction of sp³-hybridized carbons (Fsp3) is 0.138. The number of aromatic nitrogens is 1. The molecular weight excluding hydrogens is 552 g/mol. The first-order valence-corrected chi connectivity index (χ1v) is 12.6. The average molecular weight is 575 g/mol. The van der Waals surface area contributed by atoms with E-state index in [9.17, 15) is 14.9 Å². The van der Waals surface area contributed by atoms with E-state index in [1.807, 2.05) is 24.3 Å². The first-order valence-electron chi connectivity index (χ1n) is 12.2. The molecule has 1 aromatic heterocycles. The summed E-state index contributed by atoms with van der Waals surface area (Å²) < 4.78 is 22.3. The summed E-state index contributed by atoms with van der Waals surface area (Å²) in [6, 6.07) is 18.2. The van der Waals surface area contributed by atoms with Crippen molar-refractivity contribution in [1.82, 2.24) is 9.99 Å². The molecule has 1 unspecified atom stereocenters. The van der Waals surface area contributed by atoms with Crippen LogP contribution in [0.15, 0.2) is 77.9 Å².